The van der Waals surface area contributed by atoms with Gasteiger partial charge >= 0.3 is 0 Å². The van der Waals surface area contributed by atoms with Gasteiger partial charge in [0.25, 0.3) is 0 Å². The molecule has 2 fully saturated rings. The molecule has 0 aliphatic carbocycles. The minimum Gasteiger partial charge on any atom is -0.390 e. The molecule has 2 rings (SSSR count). The molecule has 0 spiro atoms. The van der Waals surface area contributed by atoms with E-state index in [0.717, 1.165) is 0 Å². The van der Waals surface area contributed by atoms with Gasteiger partial charge in [-0.1, -0.05) is 6.92 Å². The molecule has 0 saturated carbocycles. The molecule has 2 heterocycles. The van der Waals surface area contributed by atoms with Crippen molar-refractivity contribution in [2.45, 2.75) is 62.2 Å². The number of ether oxygens (including phenoxy) is 6. The smallest absolute Gasteiger partial charge is 0.187 e. The first kappa shape index (κ1) is 29.8. The van der Waals surface area contributed by atoms with E-state index < -0.39 is 55.3 Å². The van der Waals surface area contributed by atoms with Crippen molar-refractivity contribution >= 4 is 0 Å². The Kier molecular flexibility index (Phi) is 15.0. The van der Waals surface area contributed by atoms with Crippen molar-refractivity contribution in [1.82, 2.24) is 0 Å². The zero-order valence-electron chi connectivity index (χ0n) is 16.6. The number of aliphatic hydroxyl groups excluding tert-OH is 4. The fourth-order valence-electron chi connectivity index (χ4n) is 3.26. The monoisotopic (exact) mass is 560 g/mol. The third-order valence-electron chi connectivity index (χ3n) is 4.89. The van der Waals surface area contributed by atoms with Crippen LogP contribution in [-0.2, 0) is 93.8 Å². The zero-order valence-corrected chi connectivity index (χ0v) is 22.3. The van der Waals surface area contributed by atoms with Gasteiger partial charge in [-0.3, -0.25) is 0 Å². The number of methoxy groups -OCH3 is 3. The average molecular weight is 560 g/mol. The van der Waals surface area contributed by atoms with Crippen molar-refractivity contribution < 1.29 is 114 Å². The van der Waals surface area contributed by atoms with E-state index in [9.17, 15) is 20.4 Å². The maximum atomic E-state index is 10.4. The normalized spacial score (nSPS) is 43.7. The van der Waals surface area contributed by atoms with Crippen LogP contribution < -0.4 is 0 Å². The molecule has 0 bridgehead atoms. The van der Waals surface area contributed by atoms with Gasteiger partial charge in [0.2, 0.25) is 0 Å². The molecule has 0 aromatic carbocycles. The first-order valence-electron chi connectivity index (χ1n) is 8.55. The molecule has 160 valence electrons. The summed E-state index contributed by atoms with van der Waals surface area (Å²) >= 11 is 0. The summed E-state index contributed by atoms with van der Waals surface area (Å²) in [6.07, 6.45) is -9.83. The number of hydrogen-bond acceptors (Lipinski definition) is 10. The largest absolute Gasteiger partial charge is 0.390 e. The third kappa shape index (κ3) is 6.90. The summed E-state index contributed by atoms with van der Waals surface area (Å²) in [6, 6.07) is 0. The van der Waals surface area contributed by atoms with Crippen molar-refractivity contribution in [3.63, 3.8) is 0 Å². The van der Waals surface area contributed by atoms with Crippen LogP contribution in [0.3, 0.4) is 0 Å². The van der Waals surface area contributed by atoms with Crippen LogP contribution in [0.15, 0.2) is 0 Å². The molecule has 10 nitrogen and oxygen atoms in total. The van der Waals surface area contributed by atoms with Gasteiger partial charge < -0.3 is 48.8 Å². The predicted molar refractivity (Wildman–Crippen MR) is 86.1 cm³/mol. The van der Waals surface area contributed by atoms with Gasteiger partial charge in [0.05, 0.1) is 25.4 Å². The molecular formula is C16H30O10Y2. The molecule has 12 heteroatoms. The summed E-state index contributed by atoms with van der Waals surface area (Å²) in [5, 5.41) is 41.1. The molecule has 2 saturated heterocycles. The maximum Gasteiger partial charge on any atom is 0.187 e. The molecule has 4 N–H and O–H groups in total. The van der Waals surface area contributed by atoms with Crippen molar-refractivity contribution in [2.75, 3.05) is 34.5 Å². The summed E-state index contributed by atoms with van der Waals surface area (Å²) in [6.45, 7) is 1.98. The van der Waals surface area contributed by atoms with E-state index in [4.69, 9.17) is 28.4 Å². The van der Waals surface area contributed by atoms with Gasteiger partial charge in [0.15, 0.2) is 12.6 Å². The van der Waals surface area contributed by atoms with Gasteiger partial charge in [0, 0.05) is 92.7 Å². The Bertz CT molecular complexity index is 434. The fraction of sp³-hybridized carbons (Fsp3) is 1.00. The van der Waals surface area contributed by atoms with E-state index in [0.29, 0.717) is 0 Å². The van der Waals surface area contributed by atoms with E-state index in [2.05, 4.69) is 0 Å². The van der Waals surface area contributed by atoms with Crippen molar-refractivity contribution in [3.05, 3.63) is 0 Å². The van der Waals surface area contributed by atoms with E-state index in [1.165, 1.54) is 21.3 Å². The molecule has 2 radical (unpaired) electrons. The summed E-state index contributed by atoms with van der Waals surface area (Å²) in [4.78, 5) is 0. The summed E-state index contributed by atoms with van der Waals surface area (Å²) in [5.74, 6) is -0.379. The Morgan fingerprint density at radius 2 is 1.21 bits per heavy atom. The Hall–Kier alpha value is 1.81. The predicted octanol–water partition coefficient (Wildman–Crippen LogP) is -2.16. The van der Waals surface area contributed by atoms with Crippen LogP contribution in [0.4, 0.5) is 0 Å². The van der Waals surface area contributed by atoms with Gasteiger partial charge in [-0.2, -0.15) is 0 Å². The molecule has 2 aliphatic rings. The first-order chi connectivity index (χ1) is 12.3. The van der Waals surface area contributed by atoms with E-state index in [1.807, 2.05) is 0 Å². The number of aliphatic hydroxyl groups is 4. The van der Waals surface area contributed by atoms with Crippen LogP contribution in [0.25, 0.3) is 0 Å². The Balaban J connectivity index is 0.00000364. The van der Waals surface area contributed by atoms with Gasteiger partial charge in [-0.05, 0) is 0 Å². The third-order valence-corrected chi connectivity index (χ3v) is 4.89. The Morgan fingerprint density at radius 1 is 0.714 bits per heavy atom. The number of rotatable bonds is 7. The Morgan fingerprint density at radius 3 is 1.75 bits per heavy atom. The first-order valence-corrected chi connectivity index (χ1v) is 8.55. The van der Waals surface area contributed by atoms with Crippen LogP contribution in [-0.4, -0.2) is 110 Å². The molecule has 10 unspecified atom stereocenters. The SMILES string of the molecule is COCC1OC(OC2C(COC)OC(OC)C(O)C2O)C(O)C(O)C1C.[Y].[Y]. The number of hydrogen-bond donors (Lipinski definition) is 4. The fourth-order valence-corrected chi connectivity index (χ4v) is 3.26. The molecular weight excluding hydrogens is 530 g/mol. The van der Waals surface area contributed by atoms with Gasteiger partial charge in [-0.15, -0.1) is 0 Å². The second kappa shape index (κ2) is 14.1. The van der Waals surface area contributed by atoms with Crippen LogP contribution in [0.1, 0.15) is 6.92 Å². The van der Waals surface area contributed by atoms with E-state index >= 15 is 0 Å². The van der Waals surface area contributed by atoms with Crippen LogP contribution >= 0.6 is 0 Å². The van der Waals surface area contributed by atoms with E-state index in [-0.39, 0.29) is 84.6 Å². The van der Waals surface area contributed by atoms with Crippen molar-refractivity contribution in [1.29, 1.82) is 0 Å². The minimum atomic E-state index is -1.37. The van der Waals surface area contributed by atoms with Crippen LogP contribution in [0.2, 0.25) is 0 Å². The standard InChI is InChI=1S/C16H30O10.2Y/c1-7-8(5-21-2)24-16(12(19)10(7)17)26-14-9(6-22-3)25-15(23-4)13(20)11(14)18;;/h7-20H,5-6H2,1-4H3;;. The van der Waals surface area contributed by atoms with Crippen molar-refractivity contribution in [2.24, 2.45) is 5.92 Å². The average Bonchev–Trinajstić information content (AvgIpc) is 2.63. The van der Waals surface area contributed by atoms with Gasteiger partial charge in [0.1, 0.15) is 30.5 Å². The molecule has 10 atom stereocenters. The quantitative estimate of drug-likeness (QED) is 0.273. The second-order valence-corrected chi connectivity index (χ2v) is 6.65. The van der Waals surface area contributed by atoms with Gasteiger partial charge in [-0.25, -0.2) is 0 Å². The molecule has 0 aromatic rings. The topological polar surface area (TPSA) is 136 Å². The Labute approximate surface area is 215 Å². The molecule has 28 heavy (non-hydrogen) atoms. The molecule has 0 amide bonds. The van der Waals surface area contributed by atoms with E-state index in [1.54, 1.807) is 6.92 Å². The molecule has 2 aliphatic heterocycles. The summed E-state index contributed by atoms with van der Waals surface area (Å²) < 4.78 is 32.2. The van der Waals surface area contributed by atoms with Crippen molar-refractivity contribution in [3.8, 4) is 0 Å². The summed E-state index contributed by atoms with van der Waals surface area (Å²) in [5.41, 5.74) is 0. The maximum absolute atomic E-state index is 10.4. The zero-order chi connectivity index (χ0) is 19.4. The van der Waals surface area contributed by atoms with Crippen LogP contribution in [0.5, 0.6) is 0 Å². The summed E-state index contributed by atoms with van der Waals surface area (Å²) in [7, 11) is 4.29. The molecule has 0 aromatic heterocycles. The van der Waals surface area contributed by atoms with Crippen LogP contribution in [0, 0.1) is 5.92 Å². The second-order valence-electron chi connectivity index (χ2n) is 6.65. The minimum absolute atomic E-state index is 0.